The lowest BCUT2D eigenvalue weighted by atomic mass is 9.95. The van der Waals surface area contributed by atoms with Crippen LogP contribution >= 0.6 is 11.3 Å². The Balaban J connectivity index is 1.66. The number of amides is 2. The van der Waals surface area contributed by atoms with Crippen molar-refractivity contribution in [1.29, 1.82) is 0 Å². The smallest absolute Gasteiger partial charge is 0.356 e. The molecule has 0 saturated heterocycles. The van der Waals surface area contributed by atoms with Crippen LogP contribution in [0.15, 0.2) is 11.8 Å². The fourth-order valence-corrected chi connectivity index (χ4v) is 4.38. The molecular weight excluding hydrogens is 398 g/mol. The Hall–Kier alpha value is -2.88. The first kappa shape index (κ1) is 20.8. The number of hydrogen-bond acceptors (Lipinski definition) is 8. The quantitative estimate of drug-likeness (QED) is 0.596. The zero-order valence-corrected chi connectivity index (χ0v) is 17.1. The van der Waals surface area contributed by atoms with Crippen LogP contribution in [0.3, 0.4) is 0 Å². The molecular formula is C19H23N3O6S. The van der Waals surface area contributed by atoms with Gasteiger partial charge < -0.3 is 14.8 Å². The second-order valence-electron chi connectivity index (χ2n) is 6.99. The van der Waals surface area contributed by atoms with Crippen LogP contribution in [0.25, 0.3) is 0 Å². The number of carbonyl (C=O) groups excluding carboxylic acids is 4. The average molecular weight is 421 g/mol. The Morgan fingerprint density at radius 1 is 1.17 bits per heavy atom. The number of anilines is 1. The van der Waals surface area contributed by atoms with Gasteiger partial charge in [-0.15, -0.1) is 11.3 Å². The topological polar surface area (TPSA) is 123 Å². The number of esters is 2. The fraction of sp³-hybridized carbons (Fsp3) is 0.474. The van der Waals surface area contributed by atoms with Crippen molar-refractivity contribution in [1.82, 2.24) is 10.9 Å². The Kier molecular flexibility index (Phi) is 6.53. The molecule has 156 valence electrons. The summed E-state index contributed by atoms with van der Waals surface area (Å²) in [6.45, 7) is 3.02. The fourth-order valence-electron chi connectivity index (χ4n) is 3.08. The molecule has 2 aliphatic rings. The highest BCUT2D eigenvalue weighted by Gasteiger charge is 2.28. The molecule has 10 heteroatoms. The van der Waals surface area contributed by atoms with Crippen LogP contribution in [0, 0.1) is 0 Å². The van der Waals surface area contributed by atoms with E-state index < -0.39 is 24.5 Å². The SMILES string of the molecule is CC(C)OC(=O)c1c(NC(=O)COC(=O)C2=CCC(=O)NN2)sc2c1CCCC2. The summed E-state index contributed by atoms with van der Waals surface area (Å²) in [5.74, 6) is -2.05. The molecule has 0 radical (unpaired) electrons. The third-order valence-electron chi connectivity index (χ3n) is 4.35. The number of thiophene rings is 1. The molecule has 1 aromatic heterocycles. The van der Waals surface area contributed by atoms with E-state index in [1.807, 2.05) is 0 Å². The molecule has 0 bridgehead atoms. The molecule has 1 aliphatic heterocycles. The summed E-state index contributed by atoms with van der Waals surface area (Å²) in [6.07, 6.45) is 4.80. The molecule has 0 saturated carbocycles. The van der Waals surface area contributed by atoms with Gasteiger partial charge in [-0.3, -0.25) is 20.4 Å². The van der Waals surface area contributed by atoms with Gasteiger partial charge in [-0.25, -0.2) is 9.59 Å². The highest BCUT2D eigenvalue weighted by molar-refractivity contribution is 7.17. The zero-order valence-electron chi connectivity index (χ0n) is 16.3. The zero-order chi connectivity index (χ0) is 21.0. The van der Waals surface area contributed by atoms with Gasteiger partial charge in [-0.1, -0.05) is 0 Å². The Morgan fingerprint density at radius 2 is 1.93 bits per heavy atom. The van der Waals surface area contributed by atoms with Gasteiger partial charge in [0.25, 0.3) is 5.91 Å². The van der Waals surface area contributed by atoms with E-state index in [9.17, 15) is 19.2 Å². The largest absolute Gasteiger partial charge is 0.459 e. The van der Waals surface area contributed by atoms with E-state index in [1.165, 1.54) is 17.4 Å². The van der Waals surface area contributed by atoms with Crippen molar-refractivity contribution in [2.24, 2.45) is 0 Å². The predicted molar refractivity (Wildman–Crippen MR) is 105 cm³/mol. The van der Waals surface area contributed by atoms with E-state index >= 15 is 0 Å². The number of carbonyl (C=O) groups is 4. The van der Waals surface area contributed by atoms with E-state index in [0.717, 1.165) is 36.1 Å². The monoisotopic (exact) mass is 421 g/mol. The lowest BCUT2D eigenvalue weighted by molar-refractivity contribution is -0.144. The van der Waals surface area contributed by atoms with Crippen molar-refractivity contribution in [2.75, 3.05) is 11.9 Å². The first-order chi connectivity index (χ1) is 13.8. The lowest BCUT2D eigenvalue weighted by Gasteiger charge is -2.15. The minimum Gasteiger partial charge on any atom is -0.459 e. The van der Waals surface area contributed by atoms with Gasteiger partial charge in [0.2, 0.25) is 5.91 Å². The van der Waals surface area contributed by atoms with Crippen molar-refractivity contribution in [3.8, 4) is 0 Å². The number of aryl methyl sites for hydroxylation is 1. The average Bonchev–Trinajstić information content (AvgIpc) is 3.04. The summed E-state index contributed by atoms with van der Waals surface area (Å²) < 4.78 is 10.3. The first-order valence-electron chi connectivity index (χ1n) is 9.42. The van der Waals surface area contributed by atoms with Gasteiger partial charge >= 0.3 is 11.9 Å². The molecule has 2 amide bonds. The molecule has 3 N–H and O–H groups in total. The maximum Gasteiger partial charge on any atom is 0.356 e. The maximum atomic E-state index is 12.6. The van der Waals surface area contributed by atoms with Crippen molar-refractivity contribution in [2.45, 2.75) is 52.1 Å². The summed E-state index contributed by atoms with van der Waals surface area (Å²) in [7, 11) is 0. The van der Waals surface area contributed by atoms with E-state index in [-0.39, 0.29) is 24.1 Å². The summed E-state index contributed by atoms with van der Waals surface area (Å²) in [6, 6.07) is 0. The van der Waals surface area contributed by atoms with Crippen LogP contribution in [0.1, 0.15) is 53.9 Å². The first-order valence-corrected chi connectivity index (χ1v) is 10.2. The minimum absolute atomic E-state index is 0.0473. The minimum atomic E-state index is -0.759. The summed E-state index contributed by atoms with van der Waals surface area (Å²) in [5, 5.41) is 3.10. The third-order valence-corrected chi connectivity index (χ3v) is 5.56. The van der Waals surface area contributed by atoms with Crippen LogP contribution < -0.4 is 16.2 Å². The molecule has 1 aliphatic carbocycles. The molecule has 0 aromatic carbocycles. The van der Waals surface area contributed by atoms with Gasteiger partial charge in [0.15, 0.2) is 6.61 Å². The van der Waals surface area contributed by atoms with Crippen molar-refractivity contribution in [3.05, 3.63) is 27.8 Å². The highest BCUT2D eigenvalue weighted by atomic mass is 32.1. The number of fused-ring (bicyclic) bond motifs is 1. The van der Waals surface area contributed by atoms with Crippen LogP contribution in [-0.4, -0.2) is 36.5 Å². The molecule has 29 heavy (non-hydrogen) atoms. The second kappa shape index (κ2) is 9.08. The van der Waals surface area contributed by atoms with Crippen LogP contribution in [0.4, 0.5) is 5.00 Å². The summed E-state index contributed by atoms with van der Waals surface area (Å²) in [4.78, 5) is 49.0. The van der Waals surface area contributed by atoms with Crippen molar-refractivity contribution in [3.63, 3.8) is 0 Å². The highest BCUT2D eigenvalue weighted by Crippen LogP contribution is 2.38. The molecule has 0 fully saturated rings. The van der Waals surface area contributed by atoms with Crippen LogP contribution in [-0.2, 0) is 36.7 Å². The van der Waals surface area contributed by atoms with Crippen molar-refractivity contribution >= 4 is 40.1 Å². The molecule has 0 spiro atoms. The van der Waals surface area contributed by atoms with Gasteiger partial charge in [-0.2, -0.15) is 0 Å². The molecule has 2 heterocycles. The van der Waals surface area contributed by atoms with Crippen molar-refractivity contribution < 1.29 is 28.7 Å². The van der Waals surface area contributed by atoms with E-state index in [2.05, 4.69) is 16.2 Å². The van der Waals surface area contributed by atoms with E-state index in [0.29, 0.717) is 10.6 Å². The lowest BCUT2D eigenvalue weighted by Crippen LogP contribution is -2.42. The standard InChI is InChI=1S/C19H23N3O6S/c1-10(2)28-19(26)16-11-5-3-4-6-13(11)29-17(16)20-15(24)9-27-18(25)12-7-8-14(23)22-21-12/h7,10,21H,3-6,8-9H2,1-2H3,(H,20,24)(H,22,23). The summed E-state index contributed by atoms with van der Waals surface area (Å²) in [5.41, 5.74) is 6.11. The van der Waals surface area contributed by atoms with Gasteiger partial charge in [0.05, 0.1) is 11.7 Å². The molecule has 1 aromatic rings. The molecule has 9 nitrogen and oxygen atoms in total. The third kappa shape index (κ3) is 5.14. The number of hydrazine groups is 1. The van der Waals surface area contributed by atoms with Gasteiger partial charge in [-0.05, 0) is 51.2 Å². The summed E-state index contributed by atoms with van der Waals surface area (Å²) >= 11 is 1.36. The Morgan fingerprint density at radius 3 is 2.62 bits per heavy atom. The number of rotatable bonds is 6. The maximum absolute atomic E-state index is 12.6. The normalized spacial score (nSPS) is 15.6. The molecule has 0 atom stereocenters. The van der Waals surface area contributed by atoms with Crippen LogP contribution in [0.2, 0.25) is 0 Å². The number of nitrogens with one attached hydrogen (secondary N) is 3. The number of ether oxygens (including phenoxy) is 2. The Bertz CT molecular complexity index is 874. The predicted octanol–water partition coefficient (Wildman–Crippen LogP) is 1.58. The second-order valence-corrected chi connectivity index (χ2v) is 8.09. The van der Waals surface area contributed by atoms with Gasteiger partial charge in [0, 0.05) is 11.3 Å². The number of hydrogen-bond donors (Lipinski definition) is 3. The molecule has 3 rings (SSSR count). The van der Waals surface area contributed by atoms with Crippen LogP contribution in [0.5, 0.6) is 0 Å². The van der Waals surface area contributed by atoms with E-state index in [4.69, 9.17) is 9.47 Å². The van der Waals surface area contributed by atoms with Gasteiger partial charge in [0.1, 0.15) is 10.7 Å². The Labute approximate surface area is 171 Å². The van der Waals surface area contributed by atoms with E-state index in [1.54, 1.807) is 13.8 Å². The molecule has 0 unspecified atom stereocenters.